The lowest BCUT2D eigenvalue weighted by atomic mass is 10.1. The minimum absolute atomic E-state index is 0.0124. The van der Waals surface area contributed by atoms with Gasteiger partial charge in [-0.1, -0.05) is 12.1 Å². The van der Waals surface area contributed by atoms with Crippen LogP contribution in [0, 0.1) is 0 Å². The molecule has 0 aromatic heterocycles. The minimum Gasteiger partial charge on any atom is -0.497 e. The van der Waals surface area contributed by atoms with Crippen molar-refractivity contribution in [1.82, 2.24) is 4.90 Å². The fourth-order valence-corrected chi connectivity index (χ4v) is 2.08. The predicted molar refractivity (Wildman–Crippen MR) is 65.9 cm³/mol. The van der Waals surface area contributed by atoms with Gasteiger partial charge in [-0.3, -0.25) is 4.79 Å². The van der Waals surface area contributed by atoms with Gasteiger partial charge in [0.25, 0.3) is 0 Å². The molecular formula is C13H18N2O2. The van der Waals surface area contributed by atoms with Crippen molar-refractivity contribution in [3.05, 3.63) is 29.8 Å². The first-order valence-electron chi connectivity index (χ1n) is 5.85. The predicted octanol–water partition coefficient (Wildman–Crippen LogP) is 0.797. The van der Waals surface area contributed by atoms with E-state index in [9.17, 15) is 4.79 Å². The average molecular weight is 234 g/mol. The second kappa shape index (κ2) is 5.19. The number of carbonyl (C=O) groups is 1. The maximum Gasteiger partial charge on any atom is 0.224 e. The molecule has 0 unspecified atom stereocenters. The summed E-state index contributed by atoms with van der Waals surface area (Å²) in [6, 6.07) is 7.94. The molecule has 17 heavy (non-hydrogen) atoms. The van der Waals surface area contributed by atoms with Crippen LogP contribution in [0.3, 0.4) is 0 Å². The van der Waals surface area contributed by atoms with Crippen molar-refractivity contribution in [2.45, 2.75) is 18.9 Å². The van der Waals surface area contributed by atoms with Crippen LogP contribution in [-0.2, 0) is 11.2 Å². The van der Waals surface area contributed by atoms with Gasteiger partial charge in [-0.05, 0) is 24.1 Å². The van der Waals surface area contributed by atoms with Crippen molar-refractivity contribution in [3.8, 4) is 5.75 Å². The summed E-state index contributed by atoms with van der Waals surface area (Å²) in [6.07, 6.45) is 1.35. The first kappa shape index (κ1) is 11.9. The van der Waals surface area contributed by atoms with Gasteiger partial charge in [0, 0.05) is 25.6 Å². The smallest absolute Gasteiger partial charge is 0.224 e. The van der Waals surface area contributed by atoms with Crippen molar-refractivity contribution >= 4 is 5.91 Å². The lowest BCUT2D eigenvalue weighted by molar-refractivity contribution is -0.127. The Bertz CT molecular complexity index is 389. The number of nitrogens with zero attached hydrogens (tertiary/aromatic N) is 1. The number of methoxy groups -OCH3 is 1. The monoisotopic (exact) mass is 234 g/mol. The standard InChI is InChI=1S/C13H18N2O2/c1-17-12-4-2-10(3-5-12)6-7-15-9-11(14)8-13(15)16/h2-5,11H,6-9,14H2,1H3/t11-/m0/s1. The summed E-state index contributed by atoms with van der Waals surface area (Å²) in [4.78, 5) is 13.4. The van der Waals surface area contributed by atoms with E-state index in [0.29, 0.717) is 13.0 Å². The zero-order valence-electron chi connectivity index (χ0n) is 10.1. The van der Waals surface area contributed by atoms with Gasteiger partial charge in [-0.15, -0.1) is 0 Å². The number of hydrogen-bond donors (Lipinski definition) is 1. The van der Waals surface area contributed by atoms with E-state index in [-0.39, 0.29) is 11.9 Å². The van der Waals surface area contributed by atoms with E-state index in [1.54, 1.807) is 7.11 Å². The van der Waals surface area contributed by atoms with Crippen molar-refractivity contribution < 1.29 is 9.53 Å². The van der Waals surface area contributed by atoms with Crippen molar-refractivity contribution in [3.63, 3.8) is 0 Å². The number of nitrogens with two attached hydrogens (primary N) is 1. The molecule has 1 aromatic rings. The molecule has 2 rings (SSSR count). The Morgan fingerprint density at radius 1 is 1.41 bits per heavy atom. The lowest BCUT2D eigenvalue weighted by Gasteiger charge is -2.15. The third-order valence-corrected chi connectivity index (χ3v) is 3.07. The zero-order chi connectivity index (χ0) is 12.3. The lowest BCUT2D eigenvalue weighted by Crippen LogP contribution is -2.30. The third kappa shape index (κ3) is 2.97. The summed E-state index contributed by atoms with van der Waals surface area (Å²) in [5.74, 6) is 1.03. The molecule has 0 radical (unpaired) electrons. The summed E-state index contributed by atoms with van der Waals surface area (Å²) < 4.78 is 5.10. The Kier molecular flexibility index (Phi) is 3.64. The molecule has 1 fully saturated rings. The maximum atomic E-state index is 11.5. The number of ether oxygens (including phenoxy) is 1. The molecule has 4 nitrogen and oxygen atoms in total. The van der Waals surface area contributed by atoms with Gasteiger partial charge in [0.15, 0.2) is 0 Å². The van der Waals surface area contributed by atoms with Gasteiger partial charge in [0.2, 0.25) is 5.91 Å². The van der Waals surface area contributed by atoms with E-state index in [0.717, 1.165) is 18.7 Å². The van der Waals surface area contributed by atoms with Crippen LogP contribution in [0.25, 0.3) is 0 Å². The van der Waals surface area contributed by atoms with Gasteiger partial charge < -0.3 is 15.4 Å². The second-order valence-electron chi connectivity index (χ2n) is 4.40. The van der Waals surface area contributed by atoms with E-state index in [1.807, 2.05) is 29.2 Å². The van der Waals surface area contributed by atoms with Crippen LogP contribution in [0.15, 0.2) is 24.3 Å². The number of amides is 1. The number of carbonyl (C=O) groups excluding carboxylic acids is 1. The van der Waals surface area contributed by atoms with E-state index in [4.69, 9.17) is 10.5 Å². The molecule has 1 aliphatic heterocycles. The highest BCUT2D eigenvalue weighted by Crippen LogP contribution is 2.14. The molecule has 1 amide bonds. The molecule has 0 spiro atoms. The molecule has 1 aliphatic rings. The van der Waals surface area contributed by atoms with Gasteiger partial charge in [0.1, 0.15) is 5.75 Å². The third-order valence-electron chi connectivity index (χ3n) is 3.07. The zero-order valence-corrected chi connectivity index (χ0v) is 10.1. The summed E-state index contributed by atoms with van der Waals surface area (Å²) in [6.45, 7) is 1.44. The van der Waals surface area contributed by atoms with E-state index in [2.05, 4.69) is 0 Å². The van der Waals surface area contributed by atoms with Crippen molar-refractivity contribution in [1.29, 1.82) is 0 Å². The Balaban J connectivity index is 1.87. The highest BCUT2D eigenvalue weighted by atomic mass is 16.5. The first-order valence-corrected chi connectivity index (χ1v) is 5.85. The second-order valence-corrected chi connectivity index (χ2v) is 4.40. The van der Waals surface area contributed by atoms with Crippen LogP contribution >= 0.6 is 0 Å². The molecule has 1 aromatic carbocycles. The van der Waals surface area contributed by atoms with Crippen LogP contribution in [0.5, 0.6) is 5.75 Å². The fraction of sp³-hybridized carbons (Fsp3) is 0.462. The Morgan fingerprint density at radius 3 is 2.65 bits per heavy atom. The maximum absolute atomic E-state index is 11.5. The molecule has 1 atom stereocenters. The molecule has 0 bridgehead atoms. The highest BCUT2D eigenvalue weighted by molar-refractivity contribution is 5.79. The van der Waals surface area contributed by atoms with Crippen LogP contribution in [0.4, 0.5) is 0 Å². The number of benzene rings is 1. The molecular weight excluding hydrogens is 216 g/mol. The summed E-state index contributed by atoms with van der Waals surface area (Å²) in [5, 5.41) is 0. The molecule has 1 saturated heterocycles. The van der Waals surface area contributed by atoms with Gasteiger partial charge in [0.05, 0.1) is 7.11 Å². The summed E-state index contributed by atoms with van der Waals surface area (Å²) >= 11 is 0. The number of rotatable bonds is 4. The van der Waals surface area contributed by atoms with Gasteiger partial charge >= 0.3 is 0 Å². The summed E-state index contributed by atoms with van der Waals surface area (Å²) in [5.41, 5.74) is 6.95. The Labute approximate surface area is 101 Å². The fourth-order valence-electron chi connectivity index (χ4n) is 2.08. The van der Waals surface area contributed by atoms with Crippen molar-refractivity contribution in [2.75, 3.05) is 20.2 Å². The minimum atomic E-state index is 0.0124. The molecule has 2 N–H and O–H groups in total. The van der Waals surface area contributed by atoms with Crippen LogP contribution in [-0.4, -0.2) is 37.0 Å². The van der Waals surface area contributed by atoms with Gasteiger partial charge in [-0.2, -0.15) is 0 Å². The normalized spacial score (nSPS) is 19.8. The van der Waals surface area contributed by atoms with Crippen molar-refractivity contribution in [2.24, 2.45) is 5.73 Å². The number of likely N-dealkylation sites (tertiary alicyclic amines) is 1. The molecule has 1 heterocycles. The van der Waals surface area contributed by atoms with E-state index in [1.165, 1.54) is 5.56 Å². The van der Waals surface area contributed by atoms with E-state index < -0.39 is 0 Å². The quantitative estimate of drug-likeness (QED) is 0.838. The Hall–Kier alpha value is -1.55. The molecule has 0 saturated carbocycles. The van der Waals surface area contributed by atoms with Crippen LogP contribution in [0.1, 0.15) is 12.0 Å². The van der Waals surface area contributed by atoms with Crippen LogP contribution < -0.4 is 10.5 Å². The molecule has 4 heteroatoms. The summed E-state index contributed by atoms with van der Waals surface area (Å²) in [7, 11) is 1.65. The average Bonchev–Trinajstić information content (AvgIpc) is 2.66. The van der Waals surface area contributed by atoms with E-state index >= 15 is 0 Å². The van der Waals surface area contributed by atoms with Crippen LogP contribution in [0.2, 0.25) is 0 Å². The van der Waals surface area contributed by atoms with Gasteiger partial charge in [-0.25, -0.2) is 0 Å². The largest absolute Gasteiger partial charge is 0.497 e. The topological polar surface area (TPSA) is 55.6 Å². The highest BCUT2D eigenvalue weighted by Gasteiger charge is 2.26. The molecule has 0 aliphatic carbocycles. The Morgan fingerprint density at radius 2 is 2.12 bits per heavy atom. The molecule has 92 valence electrons. The SMILES string of the molecule is COc1ccc(CCN2C[C@@H](N)CC2=O)cc1. The number of hydrogen-bond acceptors (Lipinski definition) is 3. The first-order chi connectivity index (χ1) is 8.19.